The van der Waals surface area contributed by atoms with Crippen molar-refractivity contribution in [2.45, 2.75) is 85.5 Å². The maximum Gasteiger partial charge on any atom is 0.0579 e. The van der Waals surface area contributed by atoms with Gasteiger partial charge in [0.1, 0.15) is 0 Å². The summed E-state index contributed by atoms with van der Waals surface area (Å²) in [5, 5.41) is 8.11. The molecule has 0 bridgehead atoms. The molecule has 10 rings (SSSR count). The maximum absolute atomic E-state index is 2.66. The van der Waals surface area contributed by atoms with E-state index >= 15 is 0 Å². The third-order valence-electron chi connectivity index (χ3n) is 14.4. The Bertz CT molecular complexity index is 3330. The number of anilines is 6. The van der Waals surface area contributed by atoms with Crippen LogP contribution in [0.3, 0.4) is 0 Å². The minimum atomic E-state index is -2.11. The number of hydrogen-bond acceptors (Lipinski definition) is 2. The van der Waals surface area contributed by atoms with Crippen molar-refractivity contribution in [2.24, 2.45) is 0 Å². The first kappa shape index (κ1) is 42.7. The van der Waals surface area contributed by atoms with E-state index in [1.165, 1.54) is 111 Å². The summed E-state index contributed by atoms with van der Waals surface area (Å²) in [6, 6.07) is 60.5. The number of fused-ring (bicyclic) bond motifs is 10. The van der Waals surface area contributed by atoms with Gasteiger partial charge in [0, 0.05) is 38.8 Å². The Balaban J connectivity index is 1.27. The Hall–Kier alpha value is -6.21. The highest BCUT2D eigenvalue weighted by molar-refractivity contribution is 7.00. The second kappa shape index (κ2) is 15.5. The molecule has 0 aliphatic heterocycles. The SMILES string of the molecule is Cc1cc(C)cc(N(c2ccc3c4c(ccc3c2)-c2c(c3ccc(N(c5cc(C)cc(C)c5)c5ccccc5C)cc3c3ccccc23)C4([Si](C)(C)C)[Si](C)(C)C)c2ccccc2C)c1. The topological polar surface area (TPSA) is 6.48 Å². The number of benzene rings is 9. The lowest BCUT2D eigenvalue weighted by atomic mass is 9.91. The summed E-state index contributed by atoms with van der Waals surface area (Å²) in [5.41, 5.74) is 20.8. The van der Waals surface area contributed by atoms with Crippen LogP contribution < -0.4 is 9.80 Å². The normalized spacial score (nSPS) is 13.4. The molecular weight excluding hydrogens is 817 g/mol. The molecule has 0 unspecified atom stereocenters. The molecule has 0 N–H and O–H groups in total. The van der Waals surface area contributed by atoms with Crippen LogP contribution in [0.5, 0.6) is 0 Å². The maximum atomic E-state index is 2.66. The number of rotatable bonds is 8. The lowest BCUT2D eigenvalue weighted by molar-refractivity contribution is 0.973. The Morgan fingerprint density at radius 3 is 1.32 bits per heavy atom. The molecule has 0 spiro atoms. The van der Waals surface area contributed by atoms with Gasteiger partial charge in [-0.2, -0.15) is 0 Å². The molecule has 0 amide bonds. The Labute approximate surface area is 389 Å². The van der Waals surface area contributed by atoms with E-state index in [9.17, 15) is 0 Å². The van der Waals surface area contributed by atoms with E-state index in [2.05, 4.69) is 248 Å². The average Bonchev–Trinajstić information content (AvgIpc) is 3.59. The minimum Gasteiger partial charge on any atom is -0.310 e. The Morgan fingerprint density at radius 1 is 0.354 bits per heavy atom. The monoisotopic (exact) mass is 878 g/mol. The average molecular weight is 879 g/mol. The van der Waals surface area contributed by atoms with Crippen LogP contribution in [0.15, 0.2) is 158 Å². The molecular formula is C61H62N2Si2. The van der Waals surface area contributed by atoms with Crippen molar-refractivity contribution in [3.8, 4) is 11.1 Å². The standard InChI is InChI=1S/C61H62N2Si2/c1-39-31-40(2)34-48(33-39)62(56-23-17-13-19-43(56)5)46-26-29-50-45(37-46)25-28-54-58-52-22-16-15-21-51(52)55-38-47(27-30-53(55)60(58)61(59(50)54,64(7,8)9)65(10,11)12)63(57-24-18-14-20-44(57)6)49-35-41(3)32-42(4)36-49/h13-38H,1-12H3. The van der Waals surface area contributed by atoms with Crippen LogP contribution in [0.25, 0.3) is 43.4 Å². The molecule has 9 aromatic rings. The molecule has 4 heteroatoms. The van der Waals surface area contributed by atoms with Crippen LogP contribution in [0.1, 0.15) is 44.5 Å². The molecule has 65 heavy (non-hydrogen) atoms. The van der Waals surface area contributed by atoms with Gasteiger partial charge in [-0.25, -0.2) is 0 Å². The van der Waals surface area contributed by atoms with E-state index in [-0.39, 0.29) is 4.66 Å². The first-order chi connectivity index (χ1) is 31.0. The van der Waals surface area contributed by atoms with Gasteiger partial charge in [0.15, 0.2) is 0 Å². The lowest BCUT2D eigenvalue weighted by Gasteiger charge is -2.52. The van der Waals surface area contributed by atoms with Crippen LogP contribution in [0.2, 0.25) is 39.3 Å². The molecule has 0 atom stereocenters. The summed E-state index contributed by atoms with van der Waals surface area (Å²) in [7, 11) is -4.23. The highest BCUT2D eigenvalue weighted by Gasteiger charge is 2.60. The van der Waals surface area contributed by atoms with E-state index < -0.39 is 16.1 Å². The molecule has 0 saturated heterocycles. The van der Waals surface area contributed by atoms with Gasteiger partial charge >= 0.3 is 0 Å². The summed E-state index contributed by atoms with van der Waals surface area (Å²) in [4.78, 5) is 4.96. The highest BCUT2D eigenvalue weighted by Crippen LogP contribution is 2.63. The summed E-state index contributed by atoms with van der Waals surface area (Å²) in [6.45, 7) is 29.3. The van der Waals surface area contributed by atoms with Crippen molar-refractivity contribution in [3.05, 3.63) is 202 Å². The number of hydrogen-bond donors (Lipinski definition) is 0. The van der Waals surface area contributed by atoms with Gasteiger partial charge in [-0.05, 0) is 190 Å². The van der Waals surface area contributed by atoms with E-state index in [0.29, 0.717) is 0 Å². The van der Waals surface area contributed by atoms with Crippen LogP contribution in [-0.2, 0) is 4.66 Å². The Kier molecular flexibility index (Phi) is 10.2. The molecule has 2 nitrogen and oxygen atoms in total. The third-order valence-corrected chi connectivity index (χ3v) is 24.4. The van der Waals surface area contributed by atoms with E-state index in [1.807, 2.05) is 0 Å². The molecule has 0 fully saturated rings. The van der Waals surface area contributed by atoms with Crippen LogP contribution in [0.4, 0.5) is 34.1 Å². The molecule has 324 valence electrons. The largest absolute Gasteiger partial charge is 0.310 e. The number of aryl methyl sites for hydroxylation is 6. The first-order valence-electron chi connectivity index (χ1n) is 23.4. The van der Waals surface area contributed by atoms with Crippen molar-refractivity contribution in [1.82, 2.24) is 0 Å². The smallest absolute Gasteiger partial charge is 0.0579 e. The highest BCUT2D eigenvalue weighted by atomic mass is 28.4. The van der Waals surface area contributed by atoms with Crippen molar-refractivity contribution in [2.75, 3.05) is 9.80 Å². The molecule has 1 aliphatic rings. The fourth-order valence-corrected chi connectivity index (χ4v) is 25.5. The van der Waals surface area contributed by atoms with Crippen molar-refractivity contribution < 1.29 is 0 Å². The lowest BCUT2D eigenvalue weighted by Crippen LogP contribution is -2.63. The predicted molar refractivity (Wildman–Crippen MR) is 290 cm³/mol. The Morgan fingerprint density at radius 2 is 0.815 bits per heavy atom. The van der Waals surface area contributed by atoms with Gasteiger partial charge < -0.3 is 9.80 Å². The molecule has 0 aromatic heterocycles. The van der Waals surface area contributed by atoms with E-state index in [0.717, 1.165) is 0 Å². The van der Waals surface area contributed by atoms with Gasteiger partial charge in [-0.15, -0.1) is 0 Å². The van der Waals surface area contributed by atoms with Crippen LogP contribution in [0, 0.1) is 41.5 Å². The molecule has 1 aliphatic carbocycles. The van der Waals surface area contributed by atoms with E-state index in [4.69, 9.17) is 0 Å². The third kappa shape index (κ3) is 6.71. The fraction of sp³-hybridized carbons (Fsp3) is 0.213. The van der Waals surface area contributed by atoms with Gasteiger partial charge in [-0.1, -0.05) is 136 Å². The summed E-state index contributed by atoms with van der Waals surface area (Å²) in [5.74, 6) is 0. The molecule has 0 radical (unpaired) electrons. The first-order valence-corrected chi connectivity index (χ1v) is 30.4. The van der Waals surface area contributed by atoms with Crippen LogP contribution in [-0.4, -0.2) is 16.1 Å². The van der Waals surface area contributed by atoms with Gasteiger partial charge in [-0.3, -0.25) is 0 Å². The zero-order valence-corrected chi connectivity index (χ0v) is 42.4. The summed E-state index contributed by atoms with van der Waals surface area (Å²) in [6.07, 6.45) is 0. The predicted octanol–water partition coefficient (Wildman–Crippen LogP) is 18.0. The van der Waals surface area contributed by atoms with Crippen LogP contribution >= 0.6 is 0 Å². The van der Waals surface area contributed by atoms with Crippen molar-refractivity contribution >= 4 is 82.6 Å². The van der Waals surface area contributed by atoms with Crippen molar-refractivity contribution in [1.29, 1.82) is 0 Å². The second-order valence-corrected chi connectivity index (χ2v) is 32.1. The summed E-state index contributed by atoms with van der Waals surface area (Å²) >= 11 is 0. The number of nitrogens with zero attached hydrogens (tertiary/aromatic N) is 2. The second-order valence-electron chi connectivity index (χ2n) is 21.1. The zero-order valence-electron chi connectivity index (χ0n) is 40.4. The van der Waals surface area contributed by atoms with Gasteiger partial charge in [0.2, 0.25) is 0 Å². The molecule has 0 heterocycles. The van der Waals surface area contributed by atoms with E-state index in [1.54, 1.807) is 11.1 Å². The van der Waals surface area contributed by atoms with Crippen molar-refractivity contribution in [3.63, 3.8) is 0 Å². The molecule has 9 aromatic carbocycles. The number of para-hydroxylation sites is 2. The summed E-state index contributed by atoms with van der Waals surface area (Å²) < 4.78 is -0.0950. The quantitative estimate of drug-likeness (QED) is 0.111. The fourth-order valence-electron chi connectivity index (χ4n) is 12.4. The van der Waals surface area contributed by atoms with Gasteiger partial charge in [0.05, 0.1) is 16.1 Å². The minimum absolute atomic E-state index is 0.0950. The van der Waals surface area contributed by atoms with Gasteiger partial charge in [0.25, 0.3) is 0 Å². The molecule has 0 saturated carbocycles. The zero-order chi connectivity index (χ0) is 45.7.